The molecule has 1 rings (SSSR count). The first-order chi connectivity index (χ1) is 10.9. The lowest BCUT2D eigenvalue weighted by Gasteiger charge is -2.22. The van der Waals surface area contributed by atoms with E-state index in [1.54, 1.807) is 0 Å². The van der Waals surface area contributed by atoms with E-state index in [-0.39, 0.29) is 6.61 Å². The third-order valence-electron chi connectivity index (χ3n) is 2.93. The molecule has 1 N–H and O–H groups in total. The molecule has 23 heavy (non-hydrogen) atoms. The van der Waals surface area contributed by atoms with Crippen molar-refractivity contribution in [2.45, 2.75) is 26.1 Å². The summed E-state index contributed by atoms with van der Waals surface area (Å²) in [4.78, 5) is 6.40. The molecule has 0 aliphatic heterocycles. The van der Waals surface area contributed by atoms with Gasteiger partial charge in [-0.15, -0.1) is 0 Å². The Morgan fingerprint density at radius 3 is 2.57 bits per heavy atom. The van der Waals surface area contributed by atoms with Gasteiger partial charge in [0.25, 0.3) is 0 Å². The van der Waals surface area contributed by atoms with Crippen LogP contribution < -0.4 is 5.32 Å². The summed E-state index contributed by atoms with van der Waals surface area (Å²) in [6, 6.07) is 9.98. The lowest BCUT2D eigenvalue weighted by Crippen LogP contribution is -2.38. The molecule has 0 amide bonds. The predicted octanol–water partition coefficient (Wildman–Crippen LogP) is 3.05. The molecule has 4 nitrogen and oxygen atoms in total. The summed E-state index contributed by atoms with van der Waals surface area (Å²) in [6.45, 7) is 2.66. The number of hydrogen-bond acceptors (Lipinski definition) is 2. The van der Waals surface area contributed by atoms with Crippen LogP contribution in [0.15, 0.2) is 35.3 Å². The number of hydrogen-bond donors (Lipinski definition) is 1. The topological polar surface area (TPSA) is 36.9 Å². The molecule has 0 fully saturated rings. The van der Waals surface area contributed by atoms with Crippen LogP contribution >= 0.6 is 0 Å². The van der Waals surface area contributed by atoms with Gasteiger partial charge < -0.3 is 15.0 Å². The number of benzene rings is 1. The Morgan fingerprint density at radius 1 is 1.26 bits per heavy atom. The molecule has 1 aromatic rings. The maximum absolute atomic E-state index is 11.9. The van der Waals surface area contributed by atoms with E-state index in [9.17, 15) is 13.2 Å². The highest BCUT2D eigenvalue weighted by Gasteiger charge is 2.27. The number of halogens is 3. The average molecular weight is 331 g/mol. The SMILES string of the molecule is CCNC(=NCCCOCC(F)(F)F)N(C)Cc1ccccc1. The number of aliphatic imine (C=N–C) groups is 1. The van der Waals surface area contributed by atoms with E-state index < -0.39 is 12.8 Å². The molecule has 0 bridgehead atoms. The zero-order valence-corrected chi connectivity index (χ0v) is 13.6. The van der Waals surface area contributed by atoms with E-state index in [0.717, 1.165) is 18.1 Å². The van der Waals surface area contributed by atoms with Crippen LogP contribution in [0.2, 0.25) is 0 Å². The molecule has 0 saturated heterocycles. The highest BCUT2D eigenvalue weighted by atomic mass is 19.4. The normalized spacial score (nSPS) is 12.3. The molecule has 0 atom stereocenters. The van der Waals surface area contributed by atoms with Crippen molar-refractivity contribution in [2.24, 2.45) is 4.99 Å². The number of guanidine groups is 1. The number of nitrogens with one attached hydrogen (secondary N) is 1. The largest absolute Gasteiger partial charge is 0.411 e. The third-order valence-corrected chi connectivity index (χ3v) is 2.93. The molecule has 0 unspecified atom stereocenters. The van der Waals surface area contributed by atoms with Crippen molar-refractivity contribution in [2.75, 3.05) is 33.4 Å². The van der Waals surface area contributed by atoms with Crippen LogP contribution in [0.3, 0.4) is 0 Å². The fourth-order valence-corrected chi connectivity index (χ4v) is 1.94. The molecular weight excluding hydrogens is 307 g/mol. The minimum absolute atomic E-state index is 0.0464. The van der Waals surface area contributed by atoms with E-state index >= 15 is 0 Å². The van der Waals surface area contributed by atoms with Crippen molar-refractivity contribution >= 4 is 5.96 Å². The summed E-state index contributed by atoms with van der Waals surface area (Å²) in [6.07, 6.45) is -3.82. The summed E-state index contributed by atoms with van der Waals surface area (Å²) >= 11 is 0. The smallest absolute Gasteiger partial charge is 0.372 e. The molecule has 1 aromatic carbocycles. The molecule has 7 heteroatoms. The lowest BCUT2D eigenvalue weighted by molar-refractivity contribution is -0.173. The van der Waals surface area contributed by atoms with E-state index in [1.807, 2.05) is 49.2 Å². The standard InChI is InChI=1S/C16H24F3N3O/c1-3-20-15(21-10-7-11-23-13-16(17,18)19)22(2)12-14-8-5-4-6-9-14/h4-6,8-9H,3,7,10-13H2,1-2H3,(H,20,21). The number of rotatable bonds is 8. The summed E-state index contributed by atoms with van der Waals surface area (Å²) < 4.78 is 40.4. The van der Waals surface area contributed by atoms with Crippen molar-refractivity contribution in [3.05, 3.63) is 35.9 Å². The first kappa shape index (κ1) is 19.3. The Kier molecular flexibility index (Phi) is 8.47. The van der Waals surface area contributed by atoms with E-state index in [0.29, 0.717) is 19.5 Å². The zero-order chi connectivity index (χ0) is 17.1. The van der Waals surface area contributed by atoms with Gasteiger partial charge in [0.1, 0.15) is 6.61 Å². The van der Waals surface area contributed by atoms with Gasteiger partial charge in [-0.2, -0.15) is 13.2 Å². The van der Waals surface area contributed by atoms with Gasteiger partial charge in [-0.05, 0) is 18.9 Å². The summed E-state index contributed by atoms with van der Waals surface area (Å²) in [5.74, 6) is 0.729. The fraction of sp³-hybridized carbons (Fsp3) is 0.562. The molecule has 130 valence electrons. The van der Waals surface area contributed by atoms with Gasteiger partial charge in [0.15, 0.2) is 5.96 Å². The highest BCUT2D eigenvalue weighted by molar-refractivity contribution is 5.79. The van der Waals surface area contributed by atoms with Crippen molar-refractivity contribution in [1.82, 2.24) is 10.2 Å². The van der Waals surface area contributed by atoms with Crippen LogP contribution in [0, 0.1) is 0 Å². The van der Waals surface area contributed by atoms with Gasteiger partial charge in [-0.25, -0.2) is 0 Å². The maximum atomic E-state index is 11.9. The Bertz CT molecular complexity index is 463. The first-order valence-electron chi connectivity index (χ1n) is 7.60. The Hall–Kier alpha value is -1.76. The summed E-state index contributed by atoms with van der Waals surface area (Å²) in [5, 5.41) is 3.17. The quantitative estimate of drug-likeness (QED) is 0.452. The van der Waals surface area contributed by atoms with Gasteiger partial charge in [0, 0.05) is 33.3 Å². The Balaban J connectivity index is 2.40. The molecule has 0 heterocycles. The predicted molar refractivity (Wildman–Crippen MR) is 85.4 cm³/mol. The van der Waals surface area contributed by atoms with Crippen molar-refractivity contribution in [1.29, 1.82) is 0 Å². The van der Waals surface area contributed by atoms with Crippen molar-refractivity contribution in [3.63, 3.8) is 0 Å². The number of alkyl halides is 3. The Labute approximate surface area is 135 Å². The molecule has 0 aromatic heterocycles. The van der Waals surface area contributed by atoms with E-state index in [2.05, 4.69) is 15.0 Å². The molecule has 0 spiro atoms. The molecular formula is C16H24F3N3O. The van der Waals surface area contributed by atoms with Gasteiger partial charge in [-0.1, -0.05) is 30.3 Å². The second-order valence-corrected chi connectivity index (χ2v) is 5.10. The van der Waals surface area contributed by atoms with Crippen LogP contribution in [-0.2, 0) is 11.3 Å². The monoisotopic (exact) mass is 331 g/mol. The minimum Gasteiger partial charge on any atom is -0.372 e. The van der Waals surface area contributed by atoms with Gasteiger partial charge in [0.2, 0.25) is 0 Å². The molecule has 0 saturated carbocycles. The van der Waals surface area contributed by atoms with Crippen LogP contribution in [0.4, 0.5) is 13.2 Å². The second-order valence-electron chi connectivity index (χ2n) is 5.10. The Morgan fingerprint density at radius 2 is 1.96 bits per heavy atom. The third kappa shape index (κ3) is 9.07. The lowest BCUT2D eigenvalue weighted by atomic mass is 10.2. The summed E-state index contributed by atoms with van der Waals surface area (Å²) in [7, 11) is 1.93. The second kappa shape index (κ2) is 10.1. The molecule has 0 aliphatic rings. The molecule has 0 radical (unpaired) electrons. The van der Waals surface area contributed by atoms with E-state index in [1.165, 1.54) is 0 Å². The average Bonchev–Trinajstić information content (AvgIpc) is 2.49. The highest BCUT2D eigenvalue weighted by Crippen LogP contribution is 2.14. The van der Waals surface area contributed by atoms with Crippen LogP contribution in [0.25, 0.3) is 0 Å². The zero-order valence-electron chi connectivity index (χ0n) is 13.6. The minimum atomic E-state index is -4.27. The van der Waals surface area contributed by atoms with Crippen LogP contribution in [0.5, 0.6) is 0 Å². The maximum Gasteiger partial charge on any atom is 0.411 e. The van der Waals surface area contributed by atoms with Gasteiger partial charge >= 0.3 is 6.18 Å². The summed E-state index contributed by atoms with van der Waals surface area (Å²) in [5.41, 5.74) is 1.16. The van der Waals surface area contributed by atoms with Crippen molar-refractivity contribution in [3.8, 4) is 0 Å². The first-order valence-corrected chi connectivity index (χ1v) is 7.60. The van der Waals surface area contributed by atoms with Crippen LogP contribution in [0.1, 0.15) is 18.9 Å². The van der Waals surface area contributed by atoms with E-state index in [4.69, 9.17) is 0 Å². The van der Waals surface area contributed by atoms with Gasteiger partial charge in [-0.3, -0.25) is 4.99 Å². The number of ether oxygens (including phenoxy) is 1. The molecule has 0 aliphatic carbocycles. The van der Waals surface area contributed by atoms with Crippen molar-refractivity contribution < 1.29 is 17.9 Å². The van der Waals surface area contributed by atoms with Crippen LogP contribution in [-0.4, -0.2) is 50.4 Å². The fourth-order valence-electron chi connectivity index (χ4n) is 1.94. The van der Waals surface area contributed by atoms with Gasteiger partial charge in [0.05, 0.1) is 0 Å². The number of nitrogens with zero attached hydrogens (tertiary/aromatic N) is 2.